The third kappa shape index (κ3) is 3.91. The summed E-state index contributed by atoms with van der Waals surface area (Å²) in [5.41, 5.74) is 0. The Morgan fingerprint density at radius 3 is 2.61 bits per heavy atom. The van der Waals surface area contributed by atoms with E-state index in [9.17, 15) is 8.42 Å². The predicted octanol–water partition coefficient (Wildman–Crippen LogP) is 0.893. The van der Waals surface area contributed by atoms with Crippen molar-refractivity contribution < 1.29 is 8.42 Å². The van der Waals surface area contributed by atoms with E-state index in [2.05, 4.69) is 12.2 Å². The van der Waals surface area contributed by atoms with Gasteiger partial charge in [-0.2, -0.15) is 17.0 Å². The van der Waals surface area contributed by atoms with E-state index >= 15 is 0 Å². The van der Waals surface area contributed by atoms with Crippen molar-refractivity contribution in [3.8, 4) is 0 Å². The predicted molar refractivity (Wildman–Crippen MR) is 74.7 cm³/mol. The lowest BCUT2D eigenvalue weighted by molar-refractivity contribution is 0.208. The van der Waals surface area contributed by atoms with E-state index in [0.29, 0.717) is 19.0 Å². The molecular formula is C12H27N3O2S. The minimum absolute atomic E-state index is 0.116. The molecule has 1 rings (SSSR count). The summed E-state index contributed by atoms with van der Waals surface area (Å²) in [5.74, 6) is 0.626. The van der Waals surface area contributed by atoms with E-state index in [-0.39, 0.29) is 6.04 Å². The first-order chi connectivity index (χ1) is 8.39. The summed E-state index contributed by atoms with van der Waals surface area (Å²) < 4.78 is 28.0. The van der Waals surface area contributed by atoms with E-state index < -0.39 is 10.2 Å². The minimum Gasteiger partial charge on any atom is -0.320 e. The second-order valence-corrected chi connectivity index (χ2v) is 7.36. The standard InChI is InChI=1S/C12H27N3O2S/c1-11-6-9-15(12(2)10-11)18(16,17)14(4)8-5-7-13-3/h11-13H,5-10H2,1-4H3. The van der Waals surface area contributed by atoms with Crippen LogP contribution in [0.25, 0.3) is 0 Å². The zero-order chi connectivity index (χ0) is 13.8. The lowest BCUT2D eigenvalue weighted by Crippen LogP contribution is -2.50. The van der Waals surface area contributed by atoms with E-state index in [4.69, 9.17) is 0 Å². The summed E-state index contributed by atoms with van der Waals surface area (Å²) in [6, 6.07) is 0.116. The molecule has 0 bridgehead atoms. The maximum atomic E-state index is 12.4. The van der Waals surface area contributed by atoms with E-state index in [1.807, 2.05) is 14.0 Å². The lowest BCUT2D eigenvalue weighted by Gasteiger charge is -2.37. The van der Waals surface area contributed by atoms with E-state index in [1.165, 1.54) is 4.31 Å². The van der Waals surface area contributed by atoms with Crippen LogP contribution in [0, 0.1) is 5.92 Å². The quantitative estimate of drug-likeness (QED) is 0.734. The normalized spacial score (nSPS) is 26.7. The summed E-state index contributed by atoms with van der Waals surface area (Å²) >= 11 is 0. The van der Waals surface area contributed by atoms with Gasteiger partial charge in [-0.05, 0) is 45.7 Å². The van der Waals surface area contributed by atoms with Crippen molar-refractivity contribution in [2.75, 3.05) is 33.7 Å². The molecule has 1 heterocycles. The van der Waals surface area contributed by atoms with E-state index in [1.54, 1.807) is 11.4 Å². The number of nitrogens with one attached hydrogen (secondary N) is 1. The highest BCUT2D eigenvalue weighted by Gasteiger charge is 2.34. The minimum atomic E-state index is -3.28. The van der Waals surface area contributed by atoms with Crippen LogP contribution >= 0.6 is 0 Å². The molecule has 1 N–H and O–H groups in total. The van der Waals surface area contributed by atoms with Gasteiger partial charge in [0.25, 0.3) is 10.2 Å². The van der Waals surface area contributed by atoms with Crippen LogP contribution in [0.4, 0.5) is 0 Å². The van der Waals surface area contributed by atoms with Gasteiger partial charge in [0.05, 0.1) is 0 Å². The summed E-state index contributed by atoms with van der Waals surface area (Å²) in [6.45, 7) is 6.27. The Morgan fingerprint density at radius 2 is 2.06 bits per heavy atom. The molecule has 0 aromatic carbocycles. The van der Waals surface area contributed by atoms with Crippen molar-refractivity contribution in [1.29, 1.82) is 0 Å². The first-order valence-corrected chi connectivity index (χ1v) is 8.17. The van der Waals surface area contributed by atoms with Crippen molar-refractivity contribution in [3.63, 3.8) is 0 Å². The van der Waals surface area contributed by atoms with Gasteiger partial charge in [-0.3, -0.25) is 0 Å². The molecule has 0 aliphatic carbocycles. The van der Waals surface area contributed by atoms with Crippen molar-refractivity contribution in [2.24, 2.45) is 5.92 Å². The molecule has 0 aromatic heterocycles. The molecule has 108 valence electrons. The smallest absolute Gasteiger partial charge is 0.281 e. The molecule has 5 nitrogen and oxygen atoms in total. The monoisotopic (exact) mass is 277 g/mol. The van der Waals surface area contributed by atoms with Gasteiger partial charge in [0.2, 0.25) is 0 Å². The molecule has 1 aliphatic heterocycles. The van der Waals surface area contributed by atoms with Gasteiger partial charge in [0.15, 0.2) is 0 Å². The SMILES string of the molecule is CNCCCN(C)S(=O)(=O)N1CCC(C)CC1C. The Bertz CT molecular complexity index is 345. The van der Waals surface area contributed by atoms with Gasteiger partial charge in [0.1, 0.15) is 0 Å². The van der Waals surface area contributed by atoms with Crippen LogP contribution in [-0.4, -0.2) is 56.8 Å². The molecule has 2 unspecified atom stereocenters. The zero-order valence-electron chi connectivity index (χ0n) is 12.0. The highest BCUT2D eigenvalue weighted by atomic mass is 32.2. The van der Waals surface area contributed by atoms with Crippen LogP contribution in [0.1, 0.15) is 33.1 Å². The highest BCUT2D eigenvalue weighted by Crippen LogP contribution is 2.25. The Labute approximate surface area is 112 Å². The molecule has 0 aromatic rings. The molecule has 2 atom stereocenters. The third-order valence-electron chi connectivity index (χ3n) is 3.67. The van der Waals surface area contributed by atoms with Gasteiger partial charge in [-0.15, -0.1) is 0 Å². The van der Waals surface area contributed by atoms with Gasteiger partial charge in [0, 0.05) is 26.2 Å². The Balaban J connectivity index is 2.61. The summed E-state index contributed by atoms with van der Waals surface area (Å²) in [4.78, 5) is 0. The van der Waals surface area contributed by atoms with Gasteiger partial charge < -0.3 is 5.32 Å². The van der Waals surface area contributed by atoms with E-state index in [0.717, 1.165) is 25.8 Å². The van der Waals surface area contributed by atoms with Crippen molar-refractivity contribution in [2.45, 2.75) is 39.2 Å². The molecule has 0 amide bonds. The number of rotatable bonds is 6. The maximum absolute atomic E-state index is 12.4. The molecule has 6 heteroatoms. The fraction of sp³-hybridized carbons (Fsp3) is 1.00. The summed E-state index contributed by atoms with van der Waals surface area (Å²) in [6.07, 6.45) is 2.77. The fourth-order valence-electron chi connectivity index (χ4n) is 2.50. The third-order valence-corrected chi connectivity index (χ3v) is 5.77. The second kappa shape index (κ2) is 6.84. The Morgan fingerprint density at radius 1 is 1.39 bits per heavy atom. The highest BCUT2D eigenvalue weighted by molar-refractivity contribution is 7.86. The largest absolute Gasteiger partial charge is 0.320 e. The van der Waals surface area contributed by atoms with Crippen LogP contribution < -0.4 is 5.32 Å². The topological polar surface area (TPSA) is 52.7 Å². The first kappa shape index (κ1) is 15.9. The Hall–Kier alpha value is -0.170. The number of hydrogen-bond acceptors (Lipinski definition) is 3. The number of hydrogen-bond donors (Lipinski definition) is 1. The molecular weight excluding hydrogens is 250 g/mol. The van der Waals surface area contributed by atoms with Crippen LogP contribution in [0.3, 0.4) is 0 Å². The van der Waals surface area contributed by atoms with Crippen LogP contribution in [0.15, 0.2) is 0 Å². The van der Waals surface area contributed by atoms with Crippen LogP contribution in [0.5, 0.6) is 0 Å². The molecule has 0 radical (unpaired) electrons. The molecule has 0 spiro atoms. The van der Waals surface area contributed by atoms with Crippen molar-refractivity contribution in [1.82, 2.24) is 13.9 Å². The second-order valence-electron chi connectivity index (χ2n) is 5.38. The van der Waals surface area contributed by atoms with Gasteiger partial charge >= 0.3 is 0 Å². The molecule has 18 heavy (non-hydrogen) atoms. The van der Waals surface area contributed by atoms with Crippen LogP contribution in [0.2, 0.25) is 0 Å². The van der Waals surface area contributed by atoms with Crippen LogP contribution in [-0.2, 0) is 10.2 Å². The lowest BCUT2D eigenvalue weighted by atomic mass is 9.95. The zero-order valence-corrected chi connectivity index (χ0v) is 12.8. The number of piperidine rings is 1. The fourth-order valence-corrected chi connectivity index (χ4v) is 4.10. The van der Waals surface area contributed by atoms with Crippen molar-refractivity contribution in [3.05, 3.63) is 0 Å². The van der Waals surface area contributed by atoms with Gasteiger partial charge in [-0.1, -0.05) is 6.92 Å². The Kier molecular flexibility index (Phi) is 6.04. The molecule has 1 fully saturated rings. The first-order valence-electron chi connectivity index (χ1n) is 6.77. The summed E-state index contributed by atoms with van der Waals surface area (Å²) in [5, 5.41) is 3.03. The number of nitrogens with zero attached hydrogens (tertiary/aromatic N) is 2. The van der Waals surface area contributed by atoms with Gasteiger partial charge in [-0.25, -0.2) is 0 Å². The molecule has 1 saturated heterocycles. The average molecular weight is 277 g/mol. The summed E-state index contributed by atoms with van der Waals surface area (Å²) in [7, 11) is 0.278. The molecule has 0 saturated carbocycles. The van der Waals surface area contributed by atoms with Crippen molar-refractivity contribution >= 4 is 10.2 Å². The average Bonchev–Trinajstić information content (AvgIpc) is 2.28. The molecule has 1 aliphatic rings. The maximum Gasteiger partial charge on any atom is 0.281 e.